The number of hydrogen-bond acceptors (Lipinski definition) is 3. The van der Waals surface area contributed by atoms with Gasteiger partial charge in [0.05, 0.1) is 12.5 Å². The molecule has 1 heterocycles. The number of fused-ring (bicyclic) bond motifs is 1. The van der Waals surface area contributed by atoms with E-state index in [1.807, 2.05) is 45.0 Å². The summed E-state index contributed by atoms with van der Waals surface area (Å²) in [5.41, 5.74) is 2.23. The number of rotatable bonds is 3. The Morgan fingerprint density at radius 2 is 1.67 bits per heavy atom. The Morgan fingerprint density at radius 3 is 2.30 bits per heavy atom. The van der Waals surface area contributed by atoms with Gasteiger partial charge in [-0.05, 0) is 81.7 Å². The first-order chi connectivity index (χ1) is 15.6. The van der Waals surface area contributed by atoms with Crippen LogP contribution in [0.5, 0.6) is 0 Å². The normalized spacial score (nSPS) is 20.3. The zero-order valence-corrected chi connectivity index (χ0v) is 19.3. The molecule has 0 atom stereocenters. The van der Waals surface area contributed by atoms with Crippen LogP contribution in [0.3, 0.4) is 0 Å². The highest BCUT2D eigenvalue weighted by Gasteiger charge is 2.31. The predicted octanol–water partition coefficient (Wildman–Crippen LogP) is 6.13. The zero-order valence-electron chi connectivity index (χ0n) is 19.3. The van der Waals surface area contributed by atoms with Crippen molar-refractivity contribution in [2.45, 2.75) is 71.1 Å². The fourth-order valence-electron chi connectivity index (χ4n) is 4.66. The monoisotopic (exact) mass is 456 g/mol. The van der Waals surface area contributed by atoms with Crippen molar-refractivity contribution in [1.29, 1.82) is 0 Å². The molecule has 0 saturated heterocycles. The van der Waals surface area contributed by atoms with Crippen molar-refractivity contribution in [3.63, 3.8) is 0 Å². The maximum Gasteiger partial charge on any atom is 0.322 e. The quantitative estimate of drug-likeness (QED) is 0.566. The summed E-state index contributed by atoms with van der Waals surface area (Å²) in [5, 5.41) is 2.84. The van der Waals surface area contributed by atoms with Gasteiger partial charge in [0.25, 0.3) is 0 Å². The molecule has 5 nitrogen and oxygen atoms in total. The van der Waals surface area contributed by atoms with E-state index in [2.05, 4.69) is 5.32 Å². The van der Waals surface area contributed by atoms with Gasteiger partial charge in [0.15, 0.2) is 0 Å². The lowest BCUT2D eigenvalue weighted by atomic mass is 9.78. The first-order valence-corrected chi connectivity index (χ1v) is 11.4. The molecule has 2 amide bonds. The van der Waals surface area contributed by atoms with E-state index in [-0.39, 0.29) is 31.0 Å². The van der Waals surface area contributed by atoms with Gasteiger partial charge in [-0.2, -0.15) is 0 Å². The molecule has 0 radical (unpaired) electrons. The van der Waals surface area contributed by atoms with Crippen molar-refractivity contribution in [2.75, 3.05) is 5.32 Å². The molecule has 33 heavy (non-hydrogen) atoms. The summed E-state index contributed by atoms with van der Waals surface area (Å²) in [5.74, 6) is -1.03. The lowest BCUT2D eigenvalue weighted by Gasteiger charge is -2.30. The summed E-state index contributed by atoms with van der Waals surface area (Å²) in [4.78, 5) is 26.4. The second-order valence-electron chi connectivity index (χ2n) is 10.0. The standard InChI is InChI=1S/C26H30F2N2O3/c1-26(2,3)33-24(31)18-6-4-16(5-7-18)17-8-10-21(11-9-17)29-25(32)30-14-19-12-20(27)13-23(28)22(19)15-30/h8-13,16,18H,4-7,14-15H2,1-3H3,(H,29,32). The third-order valence-electron chi connectivity index (χ3n) is 6.35. The van der Waals surface area contributed by atoms with Crippen molar-refractivity contribution in [3.8, 4) is 0 Å². The molecule has 1 aliphatic heterocycles. The number of nitrogens with zero attached hydrogens (tertiary/aromatic N) is 1. The average Bonchev–Trinajstić information content (AvgIpc) is 3.18. The number of carbonyl (C=O) groups is 2. The topological polar surface area (TPSA) is 58.6 Å². The summed E-state index contributed by atoms with van der Waals surface area (Å²) < 4.78 is 32.9. The van der Waals surface area contributed by atoms with Crippen LogP contribution in [-0.4, -0.2) is 22.5 Å². The number of amides is 2. The van der Waals surface area contributed by atoms with Crippen LogP contribution in [0.1, 0.15) is 69.1 Å². The van der Waals surface area contributed by atoms with E-state index in [0.717, 1.165) is 31.7 Å². The largest absolute Gasteiger partial charge is 0.460 e. The van der Waals surface area contributed by atoms with Crippen molar-refractivity contribution in [3.05, 3.63) is 64.7 Å². The first kappa shape index (κ1) is 23.2. The van der Waals surface area contributed by atoms with E-state index in [0.29, 0.717) is 22.7 Å². The number of nitrogens with one attached hydrogen (secondary N) is 1. The van der Waals surface area contributed by atoms with Crippen molar-refractivity contribution in [2.24, 2.45) is 5.92 Å². The molecular formula is C26H30F2N2O3. The Hall–Kier alpha value is -2.96. The molecule has 0 bridgehead atoms. The minimum atomic E-state index is -0.635. The molecule has 1 saturated carbocycles. The minimum absolute atomic E-state index is 0.0399. The molecule has 7 heteroatoms. The van der Waals surface area contributed by atoms with Crippen LogP contribution >= 0.6 is 0 Å². The Kier molecular flexibility index (Phi) is 6.41. The van der Waals surface area contributed by atoms with E-state index in [4.69, 9.17) is 4.74 Å². The highest BCUT2D eigenvalue weighted by atomic mass is 19.1. The lowest BCUT2D eigenvalue weighted by molar-refractivity contribution is -0.161. The Morgan fingerprint density at radius 1 is 1.00 bits per heavy atom. The van der Waals surface area contributed by atoms with Gasteiger partial charge in [0, 0.05) is 23.9 Å². The number of hydrogen-bond donors (Lipinski definition) is 1. The first-order valence-electron chi connectivity index (χ1n) is 11.4. The number of benzene rings is 2. The average molecular weight is 457 g/mol. The van der Waals surface area contributed by atoms with E-state index >= 15 is 0 Å². The van der Waals surface area contributed by atoms with E-state index < -0.39 is 17.2 Å². The molecule has 0 aromatic heterocycles. The van der Waals surface area contributed by atoms with Gasteiger partial charge >= 0.3 is 12.0 Å². The van der Waals surface area contributed by atoms with Crippen LogP contribution in [0.15, 0.2) is 36.4 Å². The van der Waals surface area contributed by atoms with Crippen molar-refractivity contribution >= 4 is 17.7 Å². The summed E-state index contributed by atoms with van der Waals surface area (Å²) in [6.45, 7) is 5.95. The molecule has 1 N–H and O–H groups in total. The number of esters is 1. The van der Waals surface area contributed by atoms with Gasteiger partial charge in [-0.3, -0.25) is 4.79 Å². The number of carbonyl (C=O) groups excluding carboxylic acids is 2. The van der Waals surface area contributed by atoms with E-state index in [1.54, 1.807) is 0 Å². The van der Waals surface area contributed by atoms with Gasteiger partial charge in [0.2, 0.25) is 0 Å². The number of anilines is 1. The van der Waals surface area contributed by atoms with Crippen LogP contribution in [-0.2, 0) is 22.6 Å². The molecular weight excluding hydrogens is 426 g/mol. The molecule has 2 aromatic carbocycles. The summed E-state index contributed by atoms with van der Waals surface area (Å²) in [7, 11) is 0. The van der Waals surface area contributed by atoms with Crippen molar-refractivity contribution in [1.82, 2.24) is 4.90 Å². The fraction of sp³-hybridized carbons (Fsp3) is 0.462. The van der Waals surface area contributed by atoms with Crippen LogP contribution in [0, 0.1) is 17.6 Å². The van der Waals surface area contributed by atoms with Gasteiger partial charge in [-0.25, -0.2) is 13.6 Å². The Labute approximate surface area is 193 Å². The fourth-order valence-corrected chi connectivity index (χ4v) is 4.66. The number of halogens is 2. The molecule has 0 spiro atoms. The molecule has 0 unspecified atom stereocenters. The maximum absolute atomic E-state index is 14.0. The zero-order chi connectivity index (χ0) is 23.8. The molecule has 2 aromatic rings. The molecule has 1 fully saturated rings. The Bertz CT molecular complexity index is 1040. The molecule has 4 rings (SSSR count). The Balaban J connectivity index is 1.30. The maximum atomic E-state index is 14.0. The number of ether oxygens (including phenoxy) is 1. The van der Waals surface area contributed by atoms with Gasteiger partial charge in [-0.15, -0.1) is 0 Å². The third kappa shape index (κ3) is 5.52. The van der Waals surface area contributed by atoms with Gasteiger partial charge in [-0.1, -0.05) is 12.1 Å². The number of urea groups is 1. The predicted molar refractivity (Wildman–Crippen MR) is 122 cm³/mol. The molecule has 176 valence electrons. The summed E-state index contributed by atoms with van der Waals surface area (Å²) in [6, 6.07) is 9.49. The summed E-state index contributed by atoms with van der Waals surface area (Å²) >= 11 is 0. The van der Waals surface area contributed by atoms with Crippen LogP contribution in [0.4, 0.5) is 19.3 Å². The SMILES string of the molecule is CC(C)(C)OC(=O)C1CCC(c2ccc(NC(=O)N3Cc4cc(F)cc(F)c4C3)cc2)CC1. The third-order valence-corrected chi connectivity index (χ3v) is 6.35. The van der Waals surface area contributed by atoms with Crippen molar-refractivity contribution < 1.29 is 23.1 Å². The lowest BCUT2D eigenvalue weighted by Crippen LogP contribution is -2.30. The second-order valence-corrected chi connectivity index (χ2v) is 10.0. The van der Waals surface area contributed by atoms with Crippen LogP contribution < -0.4 is 5.32 Å². The summed E-state index contributed by atoms with van der Waals surface area (Å²) in [6.07, 6.45) is 3.46. The van der Waals surface area contributed by atoms with Gasteiger partial charge < -0.3 is 15.0 Å². The molecule has 1 aliphatic carbocycles. The van der Waals surface area contributed by atoms with Crippen LogP contribution in [0.2, 0.25) is 0 Å². The van der Waals surface area contributed by atoms with E-state index in [1.165, 1.54) is 16.5 Å². The van der Waals surface area contributed by atoms with Crippen LogP contribution in [0.25, 0.3) is 0 Å². The highest BCUT2D eigenvalue weighted by molar-refractivity contribution is 5.89. The minimum Gasteiger partial charge on any atom is -0.460 e. The van der Waals surface area contributed by atoms with Gasteiger partial charge in [0.1, 0.15) is 17.2 Å². The smallest absolute Gasteiger partial charge is 0.322 e. The molecule has 2 aliphatic rings. The highest BCUT2D eigenvalue weighted by Crippen LogP contribution is 2.37. The second kappa shape index (κ2) is 9.12. The van der Waals surface area contributed by atoms with E-state index in [9.17, 15) is 18.4 Å².